The van der Waals surface area contributed by atoms with Gasteiger partial charge in [-0.05, 0) is 38.0 Å². The maximum Gasteiger partial charge on any atom is 0.229 e. The zero-order valence-corrected chi connectivity index (χ0v) is 16.7. The molecule has 1 aromatic rings. The van der Waals surface area contributed by atoms with Crippen LogP contribution in [0.5, 0.6) is 0 Å². The van der Waals surface area contributed by atoms with Crippen LogP contribution in [0.4, 0.5) is 11.4 Å². The number of nitrogens with two attached hydrogens (primary N) is 1. The Kier molecular flexibility index (Phi) is 7.55. The lowest BCUT2D eigenvalue weighted by Gasteiger charge is -2.24. The van der Waals surface area contributed by atoms with Gasteiger partial charge in [-0.15, -0.1) is 12.4 Å². The quantitative estimate of drug-likeness (QED) is 0.715. The molecule has 1 aliphatic rings. The Labute approximate surface area is 157 Å². The highest BCUT2D eigenvalue weighted by molar-refractivity contribution is 9.10. The monoisotopic (exact) mass is 417 g/mol. The number of hydrogen-bond acceptors (Lipinski definition) is 3. The van der Waals surface area contributed by atoms with Crippen LogP contribution in [0.3, 0.4) is 0 Å². The number of likely N-dealkylation sites (tertiary alicyclic amines) is 1. The van der Waals surface area contributed by atoms with E-state index in [-0.39, 0.29) is 42.6 Å². The lowest BCUT2D eigenvalue weighted by atomic mass is 10.1. The summed E-state index contributed by atoms with van der Waals surface area (Å²) in [5.41, 5.74) is 8.08. The number of nitrogens with one attached hydrogen (secondary N) is 1. The molecule has 0 saturated carbocycles. The van der Waals surface area contributed by atoms with Gasteiger partial charge in [-0.2, -0.15) is 0 Å². The number of nitrogen functional groups attached to an aromatic ring is 1. The minimum absolute atomic E-state index is 0. The number of benzene rings is 1. The van der Waals surface area contributed by atoms with Gasteiger partial charge < -0.3 is 16.0 Å². The van der Waals surface area contributed by atoms with Crippen molar-refractivity contribution in [2.45, 2.75) is 46.1 Å². The normalized spacial score (nSPS) is 18.2. The van der Waals surface area contributed by atoms with Gasteiger partial charge in [0.2, 0.25) is 11.8 Å². The van der Waals surface area contributed by atoms with E-state index in [2.05, 4.69) is 28.2 Å². The van der Waals surface area contributed by atoms with Crippen LogP contribution in [0.2, 0.25) is 0 Å². The van der Waals surface area contributed by atoms with Gasteiger partial charge in [0.25, 0.3) is 0 Å². The molecular weight excluding hydrogens is 394 g/mol. The smallest absolute Gasteiger partial charge is 0.229 e. The minimum atomic E-state index is -0.319. The lowest BCUT2D eigenvalue weighted by molar-refractivity contribution is -0.129. The number of carbonyl (C=O) groups excluding carboxylic acids is 2. The highest BCUT2D eigenvalue weighted by Gasteiger charge is 2.36. The van der Waals surface area contributed by atoms with Crippen molar-refractivity contribution in [1.82, 2.24) is 4.90 Å². The molecule has 3 N–H and O–H groups in total. The molecule has 5 nitrogen and oxygen atoms in total. The summed E-state index contributed by atoms with van der Waals surface area (Å²) >= 11 is 3.41. The first-order chi connectivity index (χ1) is 10.8. The molecule has 1 aliphatic heterocycles. The van der Waals surface area contributed by atoms with Crippen LogP contribution in [0.15, 0.2) is 16.6 Å². The summed E-state index contributed by atoms with van der Waals surface area (Å²) < 4.78 is 0.861. The number of rotatable bonds is 5. The van der Waals surface area contributed by atoms with Gasteiger partial charge in [0.15, 0.2) is 0 Å². The molecule has 7 heteroatoms. The number of amides is 2. The molecule has 0 spiro atoms. The fourth-order valence-corrected chi connectivity index (χ4v) is 3.57. The molecule has 1 saturated heterocycles. The van der Waals surface area contributed by atoms with Crippen LogP contribution in [0.1, 0.15) is 38.7 Å². The zero-order valence-electron chi connectivity index (χ0n) is 14.3. The number of anilines is 2. The van der Waals surface area contributed by atoms with Crippen molar-refractivity contribution in [2.75, 3.05) is 17.6 Å². The van der Waals surface area contributed by atoms with Gasteiger partial charge in [-0.1, -0.05) is 29.3 Å². The Balaban J connectivity index is 0.00000288. The number of hydrogen-bond donors (Lipinski definition) is 2. The third kappa shape index (κ3) is 4.63. The molecule has 2 amide bonds. The first kappa shape index (κ1) is 20.8. The van der Waals surface area contributed by atoms with E-state index in [1.54, 1.807) is 6.07 Å². The predicted octanol–water partition coefficient (Wildman–Crippen LogP) is 3.74. The first-order valence-corrected chi connectivity index (χ1v) is 8.78. The van der Waals surface area contributed by atoms with E-state index in [1.807, 2.05) is 24.8 Å². The zero-order chi connectivity index (χ0) is 17.1. The highest BCUT2D eigenvalue weighted by atomic mass is 79.9. The average molecular weight is 419 g/mol. The van der Waals surface area contributed by atoms with Gasteiger partial charge in [-0.3, -0.25) is 9.59 Å². The van der Waals surface area contributed by atoms with Crippen LogP contribution in [-0.2, 0) is 9.59 Å². The Bertz CT molecular complexity index is 624. The number of carbonyl (C=O) groups is 2. The fourth-order valence-electron chi connectivity index (χ4n) is 3.00. The fraction of sp³-hybridized carbons (Fsp3) is 0.529. The molecule has 1 heterocycles. The molecule has 24 heavy (non-hydrogen) atoms. The van der Waals surface area contributed by atoms with Crippen molar-refractivity contribution in [1.29, 1.82) is 0 Å². The molecule has 0 bridgehead atoms. The number of nitrogens with zero attached hydrogens (tertiary/aromatic N) is 1. The summed E-state index contributed by atoms with van der Waals surface area (Å²) in [5.74, 6) is -0.404. The largest absolute Gasteiger partial charge is 0.397 e. The molecule has 0 radical (unpaired) electrons. The Morgan fingerprint density at radius 1 is 1.50 bits per heavy atom. The topological polar surface area (TPSA) is 75.4 Å². The molecule has 1 fully saturated rings. The number of aryl methyl sites for hydroxylation is 1. The average Bonchev–Trinajstić information content (AvgIpc) is 2.86. The van der Waals surface area contributed by atoms with Crippen molar-refractivity contribution in [3.05, 3.63) is 22.2 Å². The van der Waals surface area contributed by atoms with Gasteiger partial charge in [-0.25, -0.2) is 0 Å². The van der Waals surface area contributed by atoms with E-state index in [0.717, 1.165) is 22.9 Å². The van der Waals surface area contributed by atoms with Crippen LogP contribution in [0.25, 0.3) is 0 Å². The van der Waals surface area contributed by atoms with E-state index < -0.39 is 0 Å². The van der Waals surface area contributed by atoms with Crippen LogP contribution >= 0.6 is 28.3 Å². The van der Waals surface area contributed by atoms with Crippen LogP contribution in [-0.4, -0.2) is 29.3 Å². The Morgan fingerprint density at radius 2 is 2.17 bits per heavy atom. The maximum atomic E-state index is 12.5. The van der Waals surface area contributed by atoms with Crippen molar-refractivity contribution in [2.24, 2.45) is 5.92 Å². The predicted molar refractivity (Wildman–Crippen MR) is 103 cm³/mol. The van der Waals surface area contributed by atoms with Crippen molar-refractivity contribution >= 4 is 51.5 Å². The van der Waals surface area contributed by atoms with Gasteiger partial charge in [0, 0.05) is 23.5 Å². The summed E-state index contributed by atoms with van der Waals surface area (Å²) in [6.07, 6.45) is 2.25. The molecule has 2 unspecified atom stereocenters. The standard InChI is InChI=1S/C17H24BrN3O2.ClH/c1-4-5-11(3)21-9-12(7-15(21)22)17(23)20-14-8-13(18)6-10(2)16(14)19;/h6,8,11-12H,4-5,7,9,19H2,1-3H3,(H,20,23);1H. The van der Waals surface area contributed by atoms with E-state index in [4.69, 9.17) is 5.73 Å². The van der Waals surface area contributed by atoms with Crippen LogP contribution < -0.4 is 11.1 Å². The van der Waals surface area contributed by atoms with Crippen molar-refractivity contribution in [3.63, 3.8) is 0 Å². The third-order valence-corrected chi connectivity index (χ3v) is 4.84. The second kappa shape index (κ2) is 8.72. The van der Waals surface area contributed by atoms with E-state index in [9.17, 15) is 9.59 Å². The summed E-state index contributed by atoms with van der Waals surface area (Å²) in [6, 6.07) is 3.87. The van der Waals surface area contributed by atoms with Crippen molar-refractivity contribution in [3.8, 4) is 0 Å². The minimum Gasteiger partial charge on any atom is -0.397 e. The number of halogens is 2. The van der Waals surface area contributed by atoms with Gasteiger partial charge in [0.05, 0.1) is 17.3 Å². The second-order valence-electron chi connectivity index (χ2n) is 6.26. The summed E-state index contributed by atoms with van der Waals surface area (Å²) in [4.78, 5) is 26.5. The molecule has 2 atom stereocenters. The Hall–Kier alpha value is -1.27. The van der Waals surface area contributed by atoms with Gasteiger partial charge >= 0.3 is 0 Å². The first-order valence-electron chi connectivity index (χ1n) is 7.99. The summed E-state index contributed by atoms with van der Waals surface area (Å²) in [6.45, 7) is 6.51. The summed E-state index contributed by atoms with van der Waals surface area (Å²) in [5, 5.41) is 2.87. The SMILES string of the molecule is CCCC(C)N1CC(C(=O)Nc2cc(Br)cc(C)c2N)CC1=O.Cl. The van der Waals surface area contributed by atoms with Gasteiger partial charge in [0.1, 0.15) is 0 Å². The molecule has 2 rings (SSSR count). The van der Waals surface area contributed by atoms with Crippen LogP contribution in [0, 0.1) is 12.8 Å². The summed E-state index contributed by atoms with van der Waals surface area (Å²) in [7, 11) is 0. The third-order valence-electron chi connectivity index (χ3n) is 4.38. The molecular formula is C17H25BrClN3O2. The maximum absolute atomic E-state index is 12.5. The second-order valence-corrected chi connectivity index (χ2v) is 7.17. The molecule has 1 aromatic carbocycles. The van der Waals surface area contributed by atoms with E-state index >= 15 is 0 Å². The Morgan fingerprint density at radius 3 is 2.79 bits per heavy atom. The van der Waals surface area contributed by atoms with E-state index in [1.165, 1.54) is 0 Å². The lowest BCUT2D eigenvalue weighted by Crippen LogP contribution is -2.35. The molecule has 0 aliphatic carbocycles. The van der Waals surface area contributed by atoms with E-state index in [0.29, 0.717) is 17.9 Å². The van der Waals surface area contributed by atoms with Crippen molar-refractivity contribution < 1.29 is 9.59 Å². The molecule has 0 aromatic heterocycles. The highest BCUT2D eigenvalue weighted by Crippen LogP contribution is 2.29. The molecule has 134 valence electrons.